The Kier molecular flexibility index (Phi) is 5.29. The summed E-state index contributed by atoms with van der Waals surface area (Å²) in [6.07, 6.45) is 2.97. The molecule has 1 N–H and O–H groups in total. The summed E-state index contributed by atoms with van der Waals surface area (Å²) in [6, 6.07) is 6.13. The van der Waals surface area contributed by atoms with Gasteiger partial charge in [0.1, 0.15) is 5.82 Å². The number of benzene rings is 1. The van der Waals surface area contributed by atoms with Gasteiger partial charge in [0.15, 0.2) is 0 Å². The van der Waals surface area contributed by atoms with Gasteiger partial charge in [-0.3, -0.25) is 0 Å². The van der Waals surface area contributed by atoms with Gasteiger partial charge >= 0.3 is 0 Å². The third-order valence-electron chi connectivity index (χ3n) is 2.82. The summed E-state index contributed by atoms with van der Waals surface area (Å²) in [7, 11) is 0. The average molecular weight is 241 g/mol. The van der Waals surface area contributed by atoms with Gasteiger partial charge in [-0.05, 0) is 44.2 Å². The molecule has 0 aliphatic rings. The van der Waals surface area contributed by atoms with Crippen molar-refractivity contribution in [2.45, 2.75) is 44.2 Å². The van der Waals surface area contributed by atoms with Crippen molar-refractivity contribution in [3.8, 4) is 0 Å². The van der Waals surface area contributed by atoms with Crippen molar-refractivity contribution in [2.24, 2.45) is 0 Å². The van der Waals surface area contributed by atoms with Crippen molar-refractivity contribution in [3.63, 3.8) is 0 Å². The van der Waals surface area contributed by atoms with Crippen LogP contribution in [-0.2, 0) is 0 Å². The number of halogens is 1. The van der Waals surface area contributed by atoms with Crippen LogP contribution in [0.5, 0.6) is 0 Å². The van der Waals surface area contributed by atoms with Crippen molar-refractivity contribution in [2.75, 3.05) is 6.26 Å². The molecule has 0 aromatic heterocycles. The molecule has 16 heavy (non-hydrogen) atoms. The van der Waals surface area contributed by atoms with E-state index in [4.69, 9.17) is 0 Å². The highest BCUT2D eigenvalue weighted by atomic mass is 32.2. The Morgan fingerprint density at radius 2 is 2.06 bits per heavy atom. The Morgan fingerprint density at radius 1 is 1.38 bits per heavy atom. The lowest BCUT2D eigenvalue weighted by Gasteiger charge is -2.19. The van der Waals surface area contributed by atoms with E-state index in [-0.39, 0.29) is 11.9 Å². The largest absolute Gasteiger partial charge is 0.308 e. The SMILES string of the molecule is CCC(C)NC(C)c1ccc(SC)c(F)c1. The molecule has 0 saturated carbocycles. The lowest BCUT2D eigenvalue weighted by atomic mass is 10.1. The van der Waals surface area contributed by atoms with Crippen LogP contribution in [-0.4, -0.2) is 12.3 Å². The van der Waals surface area contributed by atoms with Crippen molar-refractivity contribution in [1.29, 1.82) is 0 Å². The standard InChI is InChI=1S/C13H20FNS/c1-5-9(2)15-10(3)11-6-7-13(16-4)12(14)8-11/h6-10,15H,5H2,1-4H3. The number of hydrogen-bond acceptors (Lipinski definition) is 2. The predicted octanol–water partition coefficient (Wildman–Crippen LogP) is 4.00. The molecular weight excluding hydrogens is 221 g/mol. The number of nitrogens with one attached hydrogen (secondary N) is 1. The third-order valence-corrected chi connectivity index (χ3v) is 3.59. The minimum Gasteiger partial charge on any atom is -0.308 e. The summed E-state index contributed by atoms with van der Waals surface area (Å²) < 4.78 is 13.6. The molecule has 1 rings (SSSR count). The van der Waals surface area contributed by atoms with Gasteiger partial charge in [-0.25, -0.2) is 4.39 Å². The number of thioether (sulfide) groups is 1. The van der Waals surface area contributed by atoms with Crippen molar-refractivity contribution < 1.29 is 4.39 Å². The molecule has 3 heteroatoms. The normalized spacial score (nSPS) is 14.8. The van der Waals surface area contributed by atoms with Gasteiger partial charge in [0.05, 0.1) is 0 Å². The summed E-state index contributed by atoms with van der Waals surface area (Å²) in [5, 5.41) is 3.44. The summed E-state index contributed by atoms with van der Waals surface area (Å²) in [5.74, 6) is -0.122. The molecule has 0 amide bonds. The Labute approximate surface area is 102 Å². The quantitative estimate of drug-likeness (QED) is 0.782. The molecule has 0 bridgehead atoms. The number of hydrogen-bond donors (Lipinski definition) is 1. The second kappa shape index (κ2) is 6.26. The monoisotopic (exact) mass is 241 g/mol. The summed E-state index contributed by atoms with van der Waals surface area (Å²) >= 11 is 1.44. The Bertz CT molecular complexity index is 341. The first-order chi connectivity index (χ1) is 7.58. The predicted molar refractivity (Wildman–Crippen MR) is 69.5 cm³/mol. The van der Waals surface area contributed by atoms with Crippen LogP contribution < -0.4 is 5.32 Å². The average Bonchev–Trinajstić information content (AvgIpc) is 2.28. The molecule has 0 spiro atoms. The van der Waals surface area contributed by atoms with Gasteiger partial charge in [0, 0.05) is 17.0 Å². The first-order valence-electron chi connectivity index (χ1n) is 5.68. The number of rotatable bonds is 5. The molecule has 90 valence electrons. The molecule has 0 aliphatic carbocycles. The van der Waals surface area contributed by atoms with E-state index in [1.807, 2.05) is 18.4 Å². The summed E-state index contributed by atoms with van der Waals surface area (Å²) in [5.41, 5.74) is 1.01. The molecule has 1 aromatic carbocycles. The van der Waals surface area contributed by atoms with E-state index in [2.05, 4.69) is 26.1 Å². The molecule has 1 aromatic rings. The molecule has 1 nitrogen and oxygen atoms in total. The van der Waals surface area contributed by atoms with Crippen LogP contribution >= 0.6 is 11.8 Å². The fourth-order valence-corrected chi connectivity index (χ4v) is 2.05. The van der Waals surface area contributed by atoms with Gasteiger partial charge in [-0.2, -0.15) is 0 Å². The lowest BCUT2D eigenvalue weighted by Crippen LogP contribution is -2.28. The first-order valence-corrected chi connectivity index (χ1v) is 6.90. The van der Waals surface area contributed by atoms with E-state index in [0.29, 0.717) is 10.9 Å². The molecule has 0 fully saturated rings. The molecule has 0 radical (unpaired) electrons. The topological polar surface area (TPSA) is 12.0 Å². The van der Waals surface area contributed by atoms with Crippen LogP contribution in [0.1, 0.15) is 38.8 Å². The minimum atomic E-state index is -0.122. The van der Waals surface area contributed by atoms with Crippen LogP contribution in [0.2, 0.25) is 0 Å². The fourth-order valence-electron chi connectivity index (χ4n) is 1.59. The maximum Gasteiger partial charge on any atom is 0.137 e. The van der Waals surface area contributed by atoms with Gasteiger partial charge < -0.3 is 5.32 Å². The molecule has 0 saturated heterocycles. The van der Waals surface area contributed by atoms with E-state index in [9.17, 15) is 4.39 Å². The van der Waals surface area contributed by atoms with Crippen molar-refractivity contribution in [3.05, 3.63) is 29.6 Å². The minimum absolute atomic E-state index is 0.122. The fraction of sp³-hybridized carbons (Fsp3) is 0.538. The van der Waals surface area contributed by atoms with E-state index >= 15 is 0 Å². The highest BCUT2D eigenvalue weighted by Crippen LogP contribution is 2.23. The van der Waals surface area contributed by atoms with Crippen LogP contribution in [0, 0.1) is 5.82 Å². The van der Waals surface area contributed by atoms with Crippen LogP contribution in [0.15, 0.2) is 23.1 Å². The molecule has 2 unspecified atom stereocenters. The van der Waals surface area contributed by atoms with E-state index in [1.54, 1.807) is 6.07 Å². The second-order valence-corrected chi connectivity index (χ2v) is 4.94. The lowest BCUT2D eigenvalue weighted by molar-refractivity contribution is 0.467. The zero-order chi connectivity index (χ0) is 12.1. The maximum atomic E-state index is 13.6. The smallest absolute Gasteiger partial charge is 0.137 e. The summed E-state index contributed by atoms with van der Waals surface area (Å²) in [4.78, 5) is 0.708. The van der Waals surface area contributed by atoms with E-state index in [1.165, 1.54) is 11.8 Å². The van der Waals surface area contributed by atoms with Crippen molar-refractivity contribution in [1.82, 2.24) is 5.32 Å². The highest BCUT2D eigenvalue weighted by molar-refractivity contribution is 7.98. The first kappa shape index (κ1) is 13.5. The third kappa shape index (κ3) is 3.49. The zero-order valence-electron chi connectivity index (χ0n) is 10.4. The van der Waals surface area contributed by atoms with Gasteiger partial charge in [0.2, 0.25) is 0 Å². The molecular formula is C13H20FNS. The van der Waals surface area contributed by atoms with Gasteiger partial charge in [-0.15, -0.1) is 11.8 Å². The van der Waals surface area contributed by atoms with Crippen LogP contribution in [0.4, 0.5) is 4.39 Å². The van der Waals surface area contributed by atoms with Gasteiger partial charge in [-0.1, -0.05) is 13.0 Å². The Hall–Kier alpha value is -0.540. The molecule has 2 atom stereocenters. The summed E-state index contributed by atoms with van der Waals surface area (Å²) in [6.45, 7) is 6.35. The van der Waals surface area contributed by atoms with Gasteiger partial charge in [0.25, 0.3) is 0 Å². The maximum absolute atomic E-state index is 13.6. The second-order valence-electron chi connectivity index (χ2n) is 4.09. The van der Waals surface area contributed by atoms with Crippen molar-refractivity contribution >= 4 is 11.8 Å². The zero-order valence-corrected chi connectivity index (χ0v) is 11.2. The van der Waals surface area contributed by atoms with E-state index in [0.717, 1.165) is 12.0 Å². The van der Waals surface area contributed by atoms with E-state index < -0.39 is 0 Å². The highest BCUT2D eigenvalue weighted by Gasteiger charge is 2.10. The molecule has 0 heterocycles. The Balaban J connectivity index is 2.76. The van der Waals surface area contributed by atoms with Crippen LogP contribution in [0.25, 0.3) is 0 Å². The Morgan fingerprint density at radius 3 is 2.56 bits per heavy atom. The van der Waals surface area contributed by atoms with Crippen LogP contribution in [0.3, 0.4) is 0 Å². The molecule has 0 aliphatic heterocycles.